The number of nitrogens with zero attached hydrogens (tertiary/aromatic N) is 2. The minimum atomic E-state index is -2.63. The number of alkyl halides is 2. The van der Waals surface area contributed by atoms with Gasteiger partial charge in [-0.1, -0.05) is 71.8 Å². The number of hydrogen-bond donors (Lipinski definition) is 2. The molecular formula is C33H49F2N4O6V-. The Morgan fingerprint density at radius 1 is 1.17 bits per heavy atom. The molecular weight excluding hydrogens is 637 g/mol. The molecule has 1 aliphatic carbocycles. The van der Waals surface area contributed by atoms with Crippen LogP contribution in [-0.2, 0) is 44.1 Å². The molecule has 1 saturated carbocycles. The van der Waals surface area contributed by atoms with Crippen LogP contribution in [0, 0.1) is 17.3 Å². The zero-order chi connectivity index (χ0) is 33.6. The maximum Gasteiger partial charge on any atom is 0.270 e. The van der Waals surface area contributed by atoms with Crippen molar-refractivity contribution in [1.82, 2.24) is 14.9 Å². The van der Waals surface area contributed by atoms with Crippen molar-refractivity contribution < 1.29 is 51.2 Å². The number of amides is 2. The van der Waals surface area contributed by atoms with E-state index in [0.29, 0.717) is 5.69 Å². The number of hydrogen-bond acceptors (Lipinski definition) is 7. The van der Waals surface area contributed by atoms with Crippen molar-refractivity contribution in [3.63, 3.8) is 0 Å². The van der Waals surface area contributed by atoms with Crippen molar-refractivity contribution in [3.8, 4) is 5.75 Å². The number of ether oxygens (including phenoxy) is 2. The van der Waals surface area contributed by atoms with Crippen LogP contribution >= 0.6 is 0 Å². The Balaban J connectivity index is 0.000000423. The van der Waals surface area contributed by atoms with Crippen LogP contribution in [0.15, 0.2) is 23.0 Å². The van der Waals surface area contributed by atoms with Crippen LogP contribution in [0.3, 0.4) is 0 Å². The molecule has 2 amide bonds. The molecule has 4 rings (SSSR count). The summed E-state index contributed by atoms with van der Waals surface area (Å²) in [6.07, 6.45) is 9.90. The molecule has 1 radical (unpaired) electrons. The predicted molar refractivity (Wildman–Crippen MR) is 169 cm³/mol. The number of rotatable bonds is 11. The van der Waals surface area contributed by atoms with Gasteiger partial charge in [0.25, 0.3) is 5.56 Å². The first-order valence-electron chi connectivity index (χ1n) is 15.6. The molecule has 1 saturated heterocycles. The first-order valence-corrected chi connectivity index (χ1v) is 15.6. The summed E-state index contributed by atoms with van der Waals surface area (Å²) in [5.41, 5.74) is 5.85. The van der Waals surface area contributed by atoms with Crippen molar-refractivity contribution >= 4 is 29.6 Å². The molecule has 257 valence electrons. The number of nitrogens with one attached hydrogen (secondary N) is 1. The fraction of sp³-hybridized carbons (Fsp3) is 0.667. The van der Waals surface area contributed by atoms with Crippen LogP contribution in [0.4, 0.5) is 8.78 Å². The van der Waals surface area contributed by atoms with Gasteiger partial charge >= 0.3 is 0 Å². The molecule has 2 unspecified atom stereocenters. The summed E-state index contributed by atoms with van der Waals surface area (Å²) in [5, 5.41) is 0. The van der Waals surface area contributed by atoms with E-state index in [9.17, 15) is 23.2 Å². The molecule has 3 N–H and O–H groups in total. The number of aryl methyl sites for hydroxylation is 1. The number of carbonyl (C=O) groups excluding carboxylic acids is 3. The zero-order valence-corrected chi connectivity index (χ0v) is 29.0. The molecule has 0 spiro atoms. The number of H-pyrrole nitrogens is 1. The largest absolute Gasteiger partial charge is 0.540 e. The second-order valence-corrected chi connectivity index (χ2v) is 12.6. The molecule has 1 aromatic heterocycles. The summed E-state index contributed by atoms with van der Waals surface area (Å²) in [5.74, 6) is 0.146. The quantitative estimate of drug-likeness (QED) is 0.193. The van der Waals surface area contributed by atoms with Crippen molar-refractivity contribution in [1.29, 1.82) is 0 Å². The van der Waals surface area contributed by atoms with E-state index < -0.39 is 35.8 Å². The van der Waals surface area contributed by atoms with Gasteiger partial charge in [-0.3, -0.25) is 14.4 Å². The van der Waals surface area contributed by atoms with E-state index >= 15 is 0 Å². The molecule has 2 fully saturated rings. The Kier molecular flexibility index (Phi) is 18.3. The number of carbonyl (C=O) groups is 2. The molecule has 1 aliphatic heterocycles. The second kappa shape index (κ2) is 20.4. The van der Waals surface area contributed by atoms with Gasteiger partial charge in [0.1, 0.15) is 17.5 Å². The van der Waals surface area contributed by atoms with E-state index in [1.807, 2.05) is 39.0 Å². The Labute approximate surface area is 282 Å². The Morgan fingerprint density at radius 3 is 2.37 bits per heavy atom. The number of halogens is 2. The summed E-state index contributed by atoms with van der Waals surface area (Å²) in [6.45, 7) is 5.60. The molecule has 3 atom stereocenters. The third kappa shape index (κ3) is 12.1. The SMILES string of the molecule is CO[C@H](C(=O)N1CCC(C(F)F)C1[C-]=O)C(C)(C)C.COc1ccc2nc(CCCCCC3CCCC3)c(=O)[nH]c2c1.NC=O.[V]. The van der Waals surface area contributed by atoms with Gasteiger partial charge in [-0.15, -0.1) is 0 Å². The second-order valence-electron chi connectivity index (χ2n) is 12.6. The van der Waals surface area contributed by atoms with Gasteiger partial charge < -0.3 is 29.9 Å². The number of primary amides is 1. The summed E-state index contributed by atoms with van der Waals surface area (Å²) in [6, 6.07) is 4.41. The van der Waals surface area contributed by atoms with Crippen LogP contribution in [0.2, 0.25) is 0 Å². The Bertz CT molecular complexity index is 1280. The van der Waals surface area contributed by atoms with Gasteiger partial charge in [0.2, 0.25) is 18.7 Å². The number of unbranched alkanes of at least 4 members (excludes halogenated alkanes) is 2. The first-order chi connectivity index (χ1) is 21.4. The Hall–Kier alpha value is -2.83. The summed E-state index contributed by atoms with van der Waals surface area (Å²) in [7, 11) is 3.01. The van der Waals surface area contributed by atoms with Crippen molar-refractivity contribution in [2.75, 3.05) is 20.8 Å². The van der Waals surface area contributed by atoms with Crippen molar-refractivity contribution in [3.05, 3.63) is 34.2 Å². The van der Waals surface area contributed by atoms with Gasteiger partial charge in [0.05, 0.1) is 18.1 Å². The molecule has 0 bridgehead atoms. The monoisotopic (exact) mass is 686 g/mol. The average Bonchev–Trinajstić information content (AvgIpc) is 3.67. The summed E-state index contributed by atoms with van der Waals surface area (Å²) in [4.78, 5) is 52.6. The van der Waals surface area contributed by atoms with E-state index in [1.165, 1.54) is 57.0 Å². The fourth-order valence-corrected chi connectivity index (χ4v) is 6.05. The van der Waals surface area contributed by atoms with Crippen molar-refractivity contribution in [2.45, 2.75) is 104 Å². The van der Waals surface area contributed by atoms with Crippen LogP contribution in [0.1, 0.15) is 84.3 Å². The fourth-order valence-electron chi connectivity index (χ4n) is 6.05. The van der Waals surface area contributed by atoms with E-state index in [2.05, 4.69) is 15.7 Å². The van der Waals surface area contributed by atoms with Gasteiger partial charge in [-0.25, -0.2) is 20.1 Å². The van der Waals surface area contributed by atoms with Gasteiger partial charge in [0.15, 0.2) is 0 Å². The van der Waals surface area contributed by atoms with Crippen LogP contribution in [0.25, 0.3) is 11.0 Å². The standard InChI is InChI=1S/C19H26N2O2.C13H20F2NO3.CH3NO.V/c1-23-15-11-12-16-18(13-15)21-19(22)17(20-16)10-4-2-3-7-14-8-5-6-9-14;1-13(2,3)10(19-4)12(18)16-6-5-8(11(14)15)9(16)7-17;2-1-3;/h11-14H,2-10H2,1H3,(H,21,22);8-11H,5-6H2,1-4H3;1H,(H2,2,3);/q;-1;;/t;8?,9?,10-;;/m.1../s1. The minimum absolute atomic E-state index is 0. The number of nitrogens with two attached hydrogens (primary N) is 1. The molecule has 1 aromatic carbocycles. The molecule has 10 nitrogen and oxygen atoms in total. The number of fused-ring (bicyclic) bond motifs is 1. The average molecular weight is 687 g/mol. The topological polar surface area (TPSA) is 145 Å². The number of aromatic nitrogens is 2. The predicted octanol–water partition coefficient (Wildman–Crippen LogP) is 4.96. The third-order valence-electron chi connectivity index (χ3n) is 8.39. The maximum atomic E-state index is 12.8. The van der Waals surface area contributed by atoms with Crippen LogP contribution < -0.4 is 16.0 Å². The van der Waals surface area contributed by atoms with E-state index in [-0.39, 0.29) is 43.5 Å². The molecule has 46 heavy (non-hydrogen) atoms. The van der Waals surface area contributed by atoms with Gasteiger partial charge in [-0.2, -0.15) is 0 Å². The van der Waals surface area contributed by atoms with Crippen LogP contribution in [-0.4, -0.2) is 72.8 Å². The minimum Gasteiger partial charge on any atom is -0.540 e. The molecule has 2 aliphatic rings. The van der Waals surface area contributed by atoms with Crippen molar-refractivity contribution in [2.24, 2.45) is 23.0 Å². The van der Waals surface area contributed by atoms with Gasteiger partial charge in [0, 0.05) is 44.2 Å². The van der Waals surface area contributed by atoms with Gasteiger partial charge in [-0.05, 0) is 42.7 Å². The van der Waals surface area contributed by atoms with E-state index in [4.69, 9.17) is 14.3 Å². The number of aromatic amines is 1. The molecule has 2 heterocycles. The number of methoxy groups -OCH3 is 2. The Morgan fingerprint density at radius 2 is 1.83 bits per heavy atom. The zero-order valence-electron chi connectivity index (χ0n) is 27.6. The van der Waals surface area contributed by atoms with E-state index in [1.54, 1.807) is 13.4 Å². The normalized spacial score (nSPS) is 18.6. The van der Waals surface area contributed by atoms with Crippen LogP contribution in [0.5, 0.6) is 5.75 Å². The first kappa shape index (κ1) is 41.2. The van der Waals surface area contributed by atoms with E-state index in [0.717, 1.165) is 35.5 Å². The molecule has 13 heteroatoms. The summed E-state index contributed by atoms with van der Waals surface area (Å²) < 4.78 is 35.9. The third-order valence-corrected chi connectivity index (χ3v) is 8.39. The molecule has 2 aromatic rings. The number of likely N-dealkylation sites (tertiary alicyclic amines) is 1. The number of benzene rings is 1. The maximum absolute atomic E-state index is 12.8. The summed E-state index contributed by atoms with van der Waals surface area (Å²) >= 11 is 0. The smallest absolute Gasteiger partial charge is 0.270 e.